The van der Waals surface area contributed by atoms with Crippen molar-refractivity contribution in [2.45, 2.75) is 38.8 Å². The van der Waals surface area contributed by atoms with Crippen LogP contribution in [0.4, 0.5) is 0 Å². The molecule has 0 aromatic carbocycles. The van der Waals surface area contributed by atoms with E-state index in [0.29, 0.717) is 11.8 Å². The van der Waals surface area contributed by atoms with Gasteiger partial charge in [-0.2, -0.15) is 0 Å². The maximum absolute atomic E-state index is 9.68. The summed E-state index contributed by atoms with van der Waals surface area (Å²) >= 11 is 0. The van der Waals surface area contributed by atoms with Crippen molar-refractivity contribution >= 4 is 0 Å². The van der Waals surface area contributed by atoms with Gasteiger partial charge in [-0.3, -0.25) is 0 Å². The number of nitrogens with two attached hydrogens (primary N) is 1. The Bertz CT molecular complexity index is 184. The molecule has 0 aromatic heterocycles. The van der Waals surface area contributed by atoms with Gasteiger partial charge in [0.15, 0.2) is 0 Å². The van der Waals surface area contributed by atoms with Crippen LogP contribution in [0, 0.1) is 11.8 Å². The summed E-state index contributed by atoms with van der Waals surface area (Å²) in [6, 6.07) is 0. The lowest BCUT2D eigenvalue weighted by atomic mass is 9.78. The second-order valence-electron chi connectivity index (χ2n) is 4.38. The van der Waals surface area contributed by atoms with Crippen LogP contribution in [-0.2, 0) is 0 Å². The molecule has 0 saturated heterocycles. The second kappa shape index (κ2) is 3.19. The Morgan fingerprint density at radius 3 is 2.58 bits per heavy atom. The van der Waals surface area contributed by atoms with Gasteiger partial charge in [0.25, 0.3) is 0 Å². The standard InChI is InChI=1S/C10H19NO/c1-7(2)8-4-5-10(3,11)9(12)6-8/h4-5,7-9,12H,6,11H2,1-3H3. The fraction of sp³-hybridized carbons (Fsp3) is 0.800. The molecule has 2 heteroatoms. The molecular weight excluding hydrogens is 150 g/mol. The van der Waals surface area contributed by atoms with Crippen LogP contribution in [0.1, 0.15) is 27.2 Å². The van der Waals surface area contributed by atoms with E-state index in [2.05, 4.69) is 19.9 Å². The number of aliphatic hydroxyl groups excluding tert-OH is 1. The van der Waals surface area contributed by atoms with Crippen LogP contribution in [0.25, 0.3) is 0 Å². The predicted molar refractivity (Wildman–Crippen MR) is 50.7 cm³/mol. The Morgan fingerprint density at radius 2 is 2.17 bits per heavy atom. The molecule has 0 amide bonds. The minimum absolute atomic E-state index is 0.394. The summed E-state index contributed by atoms with van der Waals surface area (Å²) in [5.41, 5.74) is 5.32. The zero-order chi connectivity index (χ0) is 9.35. The van der Waals surface area contributed by atoms with E-state index >= 15 is 0 Å². The third-order valence-electron chi connectivity index (χ3n) is 2.77. The summed E-state index contributed by atoms with van der Waals surface area (Å²) in [4.78, 5) is 0. The largest absolute Gasteiger partial charge is 0.391 e. The van der Waals surface area contributed by atoms with Gasteiger partial charge in [-0.15, -0.1) is 0 Å². The lowest BCUT2D eigenvalue weighted by Gasteiger charge is -2.35. The molecule has 3 N–H and O–H groups in total. The highest BCUT2D eigenvalue weighted by molar-refractivity contribution is 5.13. The first kappa shape index (κ1) is 9.75. The van der Waals surface area contributed by atoms with Crippen molar-refractivity contribution in [1.29, 1.82) is 0 Å². The van der Waals surface area contributed by atoms with Gasteiger partial charge in [0.2, 0.25) is 0 Å². The highest BCUT2D eigenvalue weighted by Crippen LogP contribution is 2.28. The summed E-state index contributed by atoms with van der Waals surface area (Å²) < 4.78 is 0. The molecule has 2 nitrogen and oxygen atoms in total. The van der Waals surface area contributed by atoms with Crippen molar-refractivity contribution in [3.05, 3.63) is 12.2 Å². The SMILES string of the molecule is CC(C)C1C=CC(C)(N)C(O)C1. The van der Waals surface area contributed by atoms with Crippen molar-refractivity contribution in [1.82, 2.24) is 0 Å². The van der Waals surface area contributed by atoms with Gasteiger partial charge in [-0.25, -0.2) is 0 Å². The van der Waals surface area contributed by atoms with Crippen LogP contribution in [0.2, 0.25) is 0 Å². The number of hydrogen-bond donors (Lipinski definition) is 2. The van der Waals surface area contributed by atoms with Gasteiger partial charge in [-0.05, 0) is 25.2 Å². The summed E-state index contributed by atoms with van der Waals surface area (Å²) in [6.07, 6.45) is 4.47. The molecule has 1 rings (SSSR count). The Balaban J connectivity index is 2.70. The molecule has 1 aliphatic carbocycles. The fourth-order valence-electron chi connectivity index (χ4n) is 1.53. The number of rotatable bonds is 1. The fourth-order valence-corrected chi connectivity index (χ4v) is 1.53. The quantitative estimate of drug-likeness (QED) is 0.581. The molecule has 12 heavy (non-hydrogen) atoms. The maximum Gasteiger partial charge on any atom is 0.0758 e. The molecular formula is C10H19NO. The smallest absolute Gasteiger partial charge is 0.0758 e. The molecule has 0 spiro atoms. The molecule has 1 aliphatic rings. The normalized spacial score (nSPS) is 42.2. The van der Waals surface area contributed by atoms with E-state index in [1.54, 1.807) is 0 Å². The van der Waals surface area contributed by atoms with Crippen LogP contribution in [0.15, 0.2) is 12.2 Å². The average Bonchev–Trinajstić information content (AvgIpc) is 1.94. The van der Waals surface area contributed by atoms with Crippen LogP contribution in [0.5, 0.6) is 0 Å². The molecule has 3 unspecified atom stereocenters. The number of hydrogen-bond acceptors (Lipinski definition) is 2. The maximum atomic E-state index is 9.68. The van der Waals surface area contributed by atoms with Crippen LogP contribution in [-0.4, -0.2) is 16.7 Å². The first-order chi connectivity index (χ1) is 5.43. The van der Waals surface area contributed by atoms with Gasteiger partial charge in [-0.1, -0.05) is 26.0 Å². The van der Waals surface area contributed by atoms with Crippen LogP contribution in [0.3, 0.4) is 0 Å². The molecule has 3 atom stereocenters. The molecule has 0 saturated carbocycles. The first-order valence-electron chi connectivity index (χ1n) is 4.60. The predicted octanol–water partition coefficient (Wildman–Crippen LogP) is 1.30. The van der Waals surface area contributed by atoms with Crippen LogP contribution < -0.4 is 5.73 Å². The zero-order valence-electron chi connectivity index (χ0n) is 8.12. The topological polar surface area (TPSA) is 46.2 Å². The third-order valence-corrected chi connectivity index (χ3v) is 2.77. The summed E-state index contributed by atoms with van der Waals surface area (Å²) in [5, 5.41) is 9.68. The Labute approximate surface area is 74.5 Å². The van der Waals surface area contributed by atoms with Gasteiger partial charge in [0.1, 0.15) is 0 Å². The van der Waals surface area contributed by atoms with Gasteiger partial charge < -0.3 is 10.8 Å². The zero-order valence-corrected chi connectivity index (χ0v) is 8.12. The average molecular weight is 169 g/mol. The number of allylic oxidation sites excluding steroid dienone is 1. The summed E-state index contributed by atoms with van der Waals surface area (Å²) in [7, 11) is 0. The molecule has 0 radical (unpaired) electrons. The van der Waals surface area contributed by atoms with E-state index < -0.39 is 11.6 Å². The molecule has 0 aliphatic heterocycles. The van der Waals surface area contributed by atoms with Crippen molar-refractivity contribution in [3.8, 4) is 0 Å². The highest BCUT2D eigenvalue weighted by atomic mass is 16.3. The third kappa shape index (κ3) is 1.87. The molecule has 0 aromatic rings. The Kier molecular flexibility index (Phi) is 2.59. The molecule has 0 fully saturated rings. The Hall–Kier alpha value is -0.340. The van der Waals surface area contributed by atoms with Crippen molar-refractivity contribution in [2.24, 2.45) is 17.6 Å². The van der Waals surface area contributed by atoms with E-state index in [9.17, 15) is 5.11 Å². The van der Waals surface area contributed by atoms with Crippen molar-refractivity contribution < 1.29 is 5.11 Å². The van der Waals surface area contributed by atoms with E-state index in [-0.39, 0.29) is 0 Å². The minimum atomic E-state index is -0.522. The van der Waals surface area contributed by atoms with Crippen molar-refractivity contribution in [3.63, 3.8) is 0 Å². The van der Waals surface area contributed by atoms with Crippen LogP contribution >= 0.6 is 0 Å². The summed E-state index contributed by atoms with van der Waals surface area (Å²) in [6.45, 7) is 6.20. The van der Waals surface area contributed by atoms with E-state index in [0.717, 1.165) is 6.42 Å². The molecule has 70 valence electrons. The van der Waals surface area contributed by atoms with Gasteiger partial charge in [0, 0.05) is 0 Å². The lowest BCUT2D eigenvalue weighted by Crippen LogP contribution is -2.49. The minimum Gasteiger partial charge on any atom is -0.391 e. The van der Waals surface area contributed by atoms with Gasteiger partial charge >= 0.3 is 0 Å². The van der Waals surface area contributed by atoms with Crippen molar-refractivity contribution in [2.75, 3.05) is 0 Å². The monoisotopic (exact) mass is 169 g/mol. The van der Waals surface area contributed by atoms with E-state index in [1.807, 2.05) is 13.0 Å². The summed E-state index contributed by atoms with van der Waals surface area (Å²) in [5.74, 6) is 1.07. The molecule has 0 heterocycles. The highest BCUT2D eigenvalue weighted by Gasteiger charge is 2.32. The first-order valence-corrected chi connectivity index (χ1v) is 4.60. The number of aliphatic hydroxyl groups is 1. The van der Waals surface area contributed by atoms with Gasteiger partial charge in [0.05, 0.1) is 11.6 Å². The lowest BCUT2D eigenvalue weighted by molar-refractivity contribution is 0.0820. The second-order valence-corrected chi connectivity index (χ2v) is 4.38. The Morgan fingerprint density at radius 1 is 1.58 bits per heavy atom. The van der Waals surface area contributed by atoms with E-state index in [1.165, 1.54) is 0 Å². The molecule has 0 bridgehead atoms. The van der Waals surface area contributed by atoms with E-state index in [4.69, 9.17) is 5.73 Å².